The Kier molecular flexibility index (Phi) is 6.45. The van der Waals surface area contributed by atoms with E-state index < -0.39 is 23.5 Å². The average Bonchev–Trinajstić information content (AvgIpc) is 3.48. The monoisotopic (exact) mass is 459 g/mol. The molecular formula is C27H29N3O4. The maximum Gasteiger partial charge on any atom is 0.294 e. The topological polar surface area (TPSA) is 77.2 Å². The van der Waals surface area contributed by atoms with Crippen LogP contribution in [0.2, 0.25) is 0 Å². The molecule has 4 rings (SSSR count). The molecule has 34 heavy (non-hydrogen) atoms. The summed E-state index contributed by atoms with van der Waals surface area (Å²) in [4.78, 5) is 32.3. The lowest BCUT2D eigenvalue weighted by Gasteiger charge is -2.28. The van der Waals surface area contributed by atoms with Crippen molar-refractivity contribution in [1.82, 2.24) is 0 Å². The number of hydrogen-bond acceptors (Lipinski definition) is 6. The van der Waals surface area contributed by atoms with E-state index in [2.05, 4.69) is 18.7 Å². The Morgan fingerprint density at radius 3 is 2.12 bits per heavy atom. The molecule has 0 radical (unpaired) electrons. The summed E-state index contributed by atoms with van der Waals surface area (Å²) in [5.41, 5.74) is 3.33. The molecule has 0 spiro atoms. The molecule has 176 valence electrons. The maximum atomic E-state index is 13.3. The van der Waals surface area contributed by atoms with Gasteiger partial charge in [0.2, 0.25) is 5.78 Å². The molecule has 7 heteroatoms. The number of carbonyl (C=O) groups excluding carboxylic acids is 2. The Balaban J connectivity index is 1.80. The van der Waals surface area contributed by atoms with Crippen molar-refractivity contribution in [2.75, 3.05) is 41.9 Å². The van der Waals surface area contributed by atoms with Crippen LogP contribution in [0.4, 0.5) is 17.1 Å². The average molecular weight is 460 g/mol. The fourth-order valence-electron chi connectivity index (χ4n) is 4.33. The molecule has 0 saturated heterocycles. The van der Waals surface area contributed by atoms with Crippen LogP contribution in [0.15, 0.2) is 82.7 Å². The van der Waals surface area contributed by atoms with E-state index in [-0.39, 0.29) is 11.3 Å². The highest BCUT2D eigenvalue weighted by Crippen LogP contribution is 2.42. The van der Waals surface area contributed by atoms with E-state index in [9.17, 15) is 14.7 Å². The summed E-state index contributed by atoms with van der Waals surface area (Å²) in [5.74, 6) is -1.62. The Morgan fingerprint density at radius 2 is 1.59 bits per heavy atom. The van der Waals surface area contributed by atoms with Crippen LogP contribution in [-0.2, 0) is 4.79 Å². The van der Waals surface area contributed by atoms with Gasteiger partial charge in [0.1, 0.15) is 0 Å². The van der Waals surface area contributed by atoms with Crippen molar-refractivity contribution >= 4 is 28.8 Å². The van der Waals surface area contributed by atoms with Gasteiger partial charge < -0.3 is 19.3 Å². The minimum atomic E-state index is -0.791. The number of aliphatic hydroxyl groups excluding tert-OH is 1. The number of ketones is 1. The highest BCUT2D eigenvalue weighted by molar-refractivity contribution is 6.20. The van der Waals surface area contributed by atoms with Crippen LogP contribution in [0.5, 0.6) is 0 Å². The molecule has 2 heterocycles. The number of nitrogens with zero attached hydrogens (tertiary/aromatic N) is 3. The number of furan rings is 1. The first-order valence-electron chi connectivity index (χ1n) is 11.3. The van der Waals surface area contributed by atoms with Gasteiger partial charge in [-0.3, -0.25) is 14.5 Å². The number of hydrogen-bond donors (Lipinski definition) is 1. The van der Waals surface area contributed by atoms with Crippen molar-refractivity contribution in [3.63, 3.8) is 0 Å². The fraction of sp³-hybridized carbons (Fsp3) is 0.259. The predicted octanol–water partition coefficient (Wildman–Crippen LogP) is 4.97. The SMILES string of the molecule is CCN(CC)c1ccc(N2C(=O)C(O)=C(C(=O)c3ccco3)C2c2ccc(N(C)C)cc2)cc1. The number of Topliss-reactive ketones (excluding diaryl/α,β-unsaturated/α-hetero) is 1. The first-order chi connectivity index (χ1) is 16.4. The molecule has 0 fully saturated rings. The van der Waals surface area contributed by atoms with Crippen molar-refractivity contribution in [2.45, 2.75) is 19.9 Å². The van der Waals surface area contributed by atoms with Gasteiger partial charge in [0.15, 0.2) is 11.5 Å². The summed E-state index contributed by atoms with van der Waals surface area (Å²) in [6.07, 6.45) is 1.40. The van der Waals surface area contributed by atoms with Gasteiger partial charge in [0, 0.05) is 44.2 Å². The number of carbonyl (C=O) groups is 2. The van der Waals surface area contributed by atoms with Crippen LogP contribution in [0.3, 0.4) is 0 Å². The van der Waals surface area contributed by atoms with Crippen LogP contribution in [-0.4, -0.2) is 44.0 Å². The van der Waals surface area contributed by atoms with E-state index >= 15 is 0 Å². The largest absolute Gasteiger partial charge is 0.503 e. The molecule has 0 aliphatic carbocycles. The third-order valence-corrected chi connectivity index (χ3v) is 6.18. The van der Waals surface area contributed by atoms with Crippen LogP contribution in [0, 0.1) is 0 Å². The lowest BCUT2D eigenvalue weighted by atomic mass is 9.94. The Hall–Kier alpha value is -4.00. The van der Waals surface area contributed by atoms with E-state index in [4.69, 9.17) is 4.42 Å². The number of benzene rings is 2. The second kappa shape index (κ2) is 9.47. The number of anilines is 3. The zero-order valence-electron chi connectivity index (χ0n) is 19.9. The molecule has 0 saturated carbocycles. The van der Waals surface area contributed by atoms with Crippen LogP contribution in [0.25, 0.3) is 0 Å². The molecule has 0 bridgehead atoms. The lowest BCUT2D eigenvalue weighted by Crippen LogP contribution is -2.31. The van der Waals surface area contributed by atoms with E-state index in [1.165, 1.54) is 17.2 Å². The van der Waals surface area contributed by atoms with Gasteiger partial charge in [0.05, 0.1) is 17.9 Å². The van der Waals surface area contributed by atoms with E-state index in [0.717, 1.165) is 24.5 Å². The predicted molar refractivity (Wildman–Crippen MR) is 134 cm³/mol. The second-order valence-corrected chi connectivity index (χ2v) is 8.32. The highest BCUT2D eigenvalue weighted by atomic mass is 16.3. The molecule has 1 atom stereocenters. The maximum absolute atomic E-state index is 13.3. The minimum absolute atomic E-state index is 0.00497. The molecule has 1 aliphatic heterocycles. The van der Waals surface area contributed by atoms with Gasteiger partial charge in [-0.25, -0.2) is 0 Å². The van der Waals surface area contributed by atoms with Crippen molar-refractivity contribution in [3.8, 4) is 0 Å². The molecule has 1 aromatic heterocycles. The first-order valence-corrected chi connectivity index (χ1v) is 11.3. The Labute approximate surface area is 199 Å². The lowest BCUT2D eigenvalue weighted by molar-refractivity contribution is -0.117. The van der Waals surface area contributed by atoms with E-state index in [1.807, 2.05) is 67.5 Å². The standard InChI is InChI=1S/C27H29N3O4/c1-5-29(6-2)20-13-15-21(16-14-20)30-24(18-9-11-19(12-10-18)28(3)4)23(26(32)27(30)33)25(31)22-8-7-17-34-22/h7-17,24,32H,5-6H2,1-4H3. The van der Waals surface area contributed by atoms with E-state index in [0.29, 0.717) is 11.3 Å². The quantitative estimate of drug-likeness (QED) is 0.479. The zero-order valence-corrected chi connectivity index (χ0v) is 19.9. The number of aliphatic hydroxyl groups is 1. The van der Waals surface area contributed by atoms with E-state index in [1.54, 1.807) is 6.07 Å². The fourth-order valence-corrected chi connectivity index (χ4v) is 4.33. The van der Waals surface area contributed by atoms with Crippen LogP contribution < -0.4 is 14.7 Å². The molecule has 1 unspecified atom stereocenters. The normalized spacial score (nSPS) is 15.7. The van der Waals surface area contributed by atoms with Crippen molar-refractivity contribution < 1.29 is 19.1 Å². The molecular weight excluding hydrogens is 430 g/mol. The molecule has 1 aliphatic rings. The number of rotatable bonds is 8. The van der Waals surface area contributed by atoms with Gasteiger partial charge in [-0.15, -0.1) is 0 Å². The third-order valence-electron chi connectivity index (χ3n) is 6.18. The Bertz CT molecular complexity index is 1190. The van der Waals surface area contributed by atoms with Gasteiger partial charge in [-0.2, -0.15) is 0 Å². The molecule has 7 nitrogen and oxygen atoms in total. The summed E-state index contributed by atoms with van der Waals surface area (Å²) in [6, 6.07) is 17.5. The van der Waals surface area contributed by atoms with Crippen molar-refractivity contribution in [1.29, 1.82) is 0 Å². The van der Waals surface area contributed by atoms with Crippen LogP contribution >= 0.6 is 0 Å². The smallest absolute Gasteiger partial charge is 0.294 e. The summed E-state index contributed by atoms with van der Waals surface area (Å²) < 4.78 is 5.30. The van der Waals surface area contributed by atoms with Gasteiger partial charge in [0.25, 0.3) is 5.91 Å². The summed E-state index contributed by atoms with van der Waals surface area (Å²) >= 11 is 0. The summed E-state index contributed by atoms with van der Waals surface area (Å²) in [7, 11) is 3.88. The molecule has 2 aromatic carbocycles. The molecule has 3 aromatic rings. The minimum Gasteiger partial charge on any atom is -0.503 e. The first kappa shape index (κ1) is 23.2. The van der Waals surface area contributed by atoms with Crippen LogP contribution in [0.1, 0.15) is 36.0 Å². The van der Waals surface area contributed by atoms with Gasteiger partial charge >= 0.3 is 0 Å². The third kappa shape index (κ3) is 4.05. The summed E-state index contributed by atoms with van der Waals surface area (Å²) in [5, 5.41) is 10.9. The molecule has 1 amide bonds. The van der Waals surface area contributed by atoms with Crippen molar-refractivity contribution in [2.24, 2.45) is 0 Å². The van der Waals surface area contributed by atoms with Gasteiger partial charge in [-0.1, -0.05) is 12.1 Å². The second-order valence-electron chi connectivity index (χ2n) is 8.32. The van der Waals surface area contributed by atoms with Crippen molar-refractivity contribution in [3.05, 3.63) is 89.6 Å². The molecule has 1 N–H and O–H groups in total. The van der Waals surface area contributed by atoms with Gasteiger partial charge in [-0.05, 0) is 67.9 Å². The summed E-state index contributed by atoms with van der Waals surface area (Å²) in [6.45, 7) is 5.90. The number of amides is 1. The Morgan fingerprint density at radius 1 is 0.971 bits per heavy atom. The zero-order chi connectivity index (χ0) is 24.4. The highest BCUT2D eigenvalue weighted by Gasteiger charge is 2.45.